The number of hydroxylamine groups is 1. The lowest BCUT2D eigenvalue weighted by molar-refractivity contribution is -0.0258. The molecule has 1 aromatic carbocycles. The average molecular weight is 383 g/mol. The maximum Gasteiger partial charge on any atom is 0.264 e. The van der Waals surface area contributed by atoms with E-state index in [2.05, 4.69) is 26.1 Å². The van der Waals surface area contributed by atoms with Gasteiger partial charge in [0.25, 0.3) is 15.9 Å². The molecule has 0 heterocycles. The highest BCUT2D eigenvalue weighted by molar-refractivity contribution is 7.89. The Morgan fingerprint density at radius 1 is 1.15 bits per heavy atom. The summed E-state index contributed by atoms with van der Waals surface area (Å²) in [6, 6.07) is 6.10. The van der Waals surface area contributed by atoms with Crippen molar-refractivity contribution in [3.8, 4) is 0 Å². The minimum absolute atomic E-state index is 0.0867. The van der Waals surface area contributed by atoms with Crippen molar-refractivity contribution in [2.75, 3.05) is 14.2 Å². The molecule has 26 heavy (non-hydrogen) atoms. The number of nitrogens with one attached hydrogen (secondary N) is 1. The fourth-order valence-corrected chi connectivity index (χ4v) is 4.59. The van der Waals surface area contributed by atoms with E-state index in [4.69, 9.17) is 4.84 Å². The molecule has 2 unspecified atom stereocenters. The summed E-state index contributed by atoms with van der Waals surface area (Å²) in [7, 11) is -1.10. The summed E-state index contributed by atoms with van der Waals surface area (Å²) >= 11 is 0. The maximum absolute atomic E-state index is 12.6. The Labute approximate surface area is 156 Å². The van der Waals surface area contributed by atoms with Gasteiger partial charge in [-0.1, -0.05) is 38.1 Å². The Kier molecular flexibility index (Phi) is 6.47. The first-order valence-corrected chi connectivity index (χ1v) is 10.5. The van der Waals surface area contributed by atoms with Crippen molar-refractivity contribution in [1.82, 2.24) is 9.79 Å². The van der Waals surface area contributed by atoms with Crippen LogP contribution < -0.4 is 5.32 Å². The first-order valence-electron chi connectivity index (χ1n) is 9.01. The molecule has 0 aromatic heterocycles. The third kappa shape index (κ3) is 4.64. The van der Waals surface area contributed by atoms with Crippen LogP contribution in [0.25, 0.3) is 0 Å². The molecule has 0 radical (unpaired) electrons. The van der Waals surface area contributed by atoms with E-state index in [-0.39, 0.29) is 22.3 Å². The largest absolute Gasteiger partial charge is 0.349 e. The van der Waals surface area contributed by atoms with E-state index in [1.807, 2.05) is 0 Å². The van der Waals surface area contributed by atoms with E-state index in [9.17, 15) is 13.2 Å². The lowest BCUT2D eigenvalue weighted by Crippen LogP contribution is -2.46. The molecule has 0 aliphatic heterocycles. The zero-order chi connectivity index (χ0) is 19.5. The highest BCUT2D eigenvalue weighted by Crippen LogP contribution is 2.38. The molecule has 0 bridgehead atoms. The number of carbonyl (C=O) groups is 1. The highest BCUT2D eigenvalue weighted by atomic mass is 32.2. The normalized spacial score (nSPS) is 21.6. The Balaban J connectivity index is 2.13. The van der Waals surface area contributed by atoms with Crippen LogP contribution in [0, 0.1) is 11.3 Å². The number of hydrogen-bond acceptors (Lipinski definition) is 4. The fourth-order valence-electron chi connectivity index (χ4n) is 3.62. The second-order valence-electron chi connectivity index (χ2n) is 7.96. The molecule has 1 aromatic rings. The number of nitrogens with zero attached hydrogens (tertiary/aromatic N) is 1. The van der Waals surface area contributed by atoms with Crippen molar-refractivity contribution in [1.29, 1.82) is 0 Å². The molecule has 1 amide bonds. The summed E-state index contributed by atoms with van der Waals surface area (Å²) in [5.41, 5.74) is 0.600. The molecular weight excluding hydrogens is 352 g/mol. The summed E-state index contributed by atoms with van der Waals surface area (Å²) in [4.78, 5) is 17.5. The molecule has 1 aliphatic carbocycles. The van der Waals surface area contributed by atoms with Crippen molar-refractivity contribution in [2.45, 2.75) is 57.4 Å². The molecule has 1 fully saturated rings. The average Bonchev–Trinajstić information content (AvgIpc) is 2.60. The summed E-state index contributed by atoms with van der Waals surface area (Å²) < 4.78 is 25.2. The lowest BCUT2D eigenvalue weighted by atomic mass is 9.69. The monoisotopic (exact) mass is 382 g/mol. The second-order valence-corrected chi connectivity index (χ2v) is 9.89. The molecule has 146 valence electrons. The Bertz CT molecular complexity index is 723. The van der Waals surface area contributed by atoms with Gasteiger partial charge in [0.1, 0.15) is 0 Å². The van der Waals surface area contributed by atoms with Gasteiger partial charge in [-0.3, -0.25) is 9.63 Å². The van der Waals surface area contributed by atoms with Crippen LogP contribution >= 0.6 is 0 Å². The Morgan fingerprint density at radius 3 is 2.27 bits per heavy atom. The molecule has 7 heteroatoms. The van der Waals surface area contributed by atoms with E-state index in [1.54, 1.807) is 12.1 Å². The standard InChI is InChI=1S/C19H30N2O4S/c1-19(2,3)16-8-6-7-9-17(16)20-18(22)14-10-12-15(13-11-14)26(23,24)21(4)25-5/h10-13,16-17H,6-9H2,1-5H3,(H,20,22). The fraction of sp³-hybridized carbons (Fsp3) is 0.632. The zero-order valence-corrected chi connectivity index (χ0v) is 17.1. The highest BCUT2D eigenvalue weighted by Gasteiger charge is 2.35. The molecule has 1 N–H and O–H groups in total. The van der Waals surface area contributed by atoms with Crippen molar-refractivity contribution >= 4 is 15.9 Å². The van der Waals surface area contributed by atoms with Gasteiger partial charge in [0.05, 0.1) is 12.0 Å². The minimum atomic E-state index is -3.71. The van der Waals surface area contributed by atoms with Gasteiger partial charge in [-0.2, -0.15) is 0 Å². The van der Waals surface area contributed by atoms with E-state index < -0.39 is 10.0 Å². The molecule has 1 aliphatic rings. The number of rotatable bonds is 5. The molecular formula is C19H30N2O4S. The quantitative estimate of drug-likeness (QED) is 0.794. The summed E-state index contributed by atoms with van der Waals surface area (Å²) in [5.74, 6) is 0.283. The molecule has 2 rings (SSSR count). The van der Waals surface area contributed by atoms with Gasteiger partial charge in [-0.15, -0.1) is 0 Å². The first-order chi connectivity index (χ1) is 12.1. The maximum atomic E-state index is 12.6. The molecule has 1 saturated carbocycles. The van der Waals surface area contributed by atoms with Crippen molar-refractivity contribution in [3.63, 3.8) is 0 Å². The molecule has 2 atom stereocenters. The Morgan fingerprint density at radius 2 is 1.73 bits per heavy atom. The van der Waals surface area contributed by atoms with Crippen LogP contribution in [0.15, 0.2) is 29.2 Å². The second kappa shape index (κ2) is 8.06. The molecule has 6 nitrogen and oxygen atoms in total. The number of carbonyl (C=O) groups excluding carboxylic acids is 1. The number of hydrogen-bond donors (Lipinski definition) is 1. The zero-order valence-electron chi connectivity index (χ0n) is 16.3. The summed E-state index contributed by atoms with van der Waals surface area (Å²) in [6.07, 6.45) is 4.43. The SMILES string of the molecule is CON(C)S(=O)(=O)c1ccc(C(=O)NC2CCCCC2C(C)(C)C)cc1. The van der Waals surface area contributed by atoms with Gasteiger partial charge >= 0.3 is 0 Å². The van der Waals surface area contributed by atoms with Crippen molar-refractivity contribution in [2.24, 2.45) is 11.3 Å². The number of sulfonamides is 1. The predicted octanol–water partition coefficient (Wildman–Crippen LogP) is 3.20. The van der Waals surface area contributed by atoms with Gasteiger partial charge in [-0.05, 0) is 48.4 Å². The van der Waals surface area contributed by atoms with Crippen molar-refractivity contribution in [3.05, 3.63) is 29.8 Å². The van der Waals surface area contributed by atoms with Crippen LogP contribution in [-0.4, -0.2) is 39.0 Å². The minimum Gasteiger partial charge on any atom is -0.349 e. The van der Waals surface area contributed by atoms with Crippen LogP contribution in [0.3, 0.4) is 0 Å². The van der Waals surface area contributed by atoms with Gasteiger partial charge in [0.2, 0.25) is 0 Å². The van der Waals surface area contributed by atoms with Crippen LogP contribution in [0.5, 0.6) is 0 Å². The van der Waals surface area contributed by atoms with E-state index in [0.29, 0.717) is 11.5 Å². The van der Waals surface area contributed by atoms with E-state index >= 15 is 0 Å². The third-order valence-electron chi connectivity index (χ3n) is 5.20. The van der Waals surface area contributed by atoms with Gasteiger partial charge in [0.15, 0.2) is 0 Å². The van der Waals surface area contributed by atoms with Crippen LogP contribution in [0.2, 0.25) is 0 Å². The van der Waals surface area contributed by atoms with Gasteiger partial charge in [-0.25, -0.2) is 8.42 Å². The summed E-state index contributed by atoms with van der Waals surface area (Å²) in [6.45, 7) is 6.65. The summed E-state index contributed by atoms with van der Waals surface area (Å²) in [5, 5.41) is 3.16. The third-order valence-corrected chi connectivity index (χ3v) is 6.90. The van der Waals surface area contributed by atoms with Gasteiger partial charge in [0, 0.05) is 18.7 Å². The Hall–Kier alpha value is -1.44. The number of benzene rings is 1. The van der Waals surface area contributed by atoms with Crippen molar-refractivity contribution < 1.29 is 18.0 Å². The lowest BCUT2D eigenvalue weighted by Gasteiger charge is -2.40. The van der Waals surface area contributed by atoms with Crippen LogP contribution in [0.4, 0.5) is 0 Å². The first kappa shape index (κ1) is 20.9. The van der Waals surface area contributed by atoms with Crippen LogP contribution in [-0.2, 0) is 14.9 Å². The molecule has 0 spiro atoms. The predicted molar refractivity (Wildman–Crippen MR) is 101 cm³/mol. The van der Waals surface area contributed by atoms with E-state index in [1.165, 1.54) is 32.7 Å². The van der Waals surface area contributed by atoms with Crippen LogP contribution in [0.1, 0.15) is 56.8 Å². The topological polar surface area (TPSA) is 75.7 Å². The smallest absolute Gasteiger partial charge is 0.264 e. The number of amides is 1. The van der Waals surface area contributed by atoms with E-state index in [0.717, 1.165) is 23.7 Å². The molecule has 0 saturated heterocycles. The van der Waals surface area contributed by atoms with Gasteiger partial charge < -0.3 is 5.32 Å².